The predicted octanol–water partition coefficient (Wildman–Crippen LogP) is 1.46. The lowest BCUT2D eigenvalue weighted by atomic mass is 10.0. The van der Waals surface area contributed by atoms with Crippen LogP contribution in [0, 0.1) is 6.92 Å². The first kappa shape index (κ1) is 10.7. The van der Waals surface area contributed by atoms with Crippen LogP contribution in [0.3, 0.4) is 0 Å². The van der Waals surface area contributed by atoms with E-state index in [-0.39, 0.29) is 6.04 Å². The van der Waals surface area contributed by atoms with Gasteiger partial charge in [0.1, 0.15) is 12.0 Å². The first-order chi connectivity index (χ1) is 6.72. The highest BCUT2D eigenvalue weighted by Crippen LogP contribution is 2.24. The van der Waals surface area contributed by atoms with Crippen LogP contribution in [-0.4, -0.2) is 20.4 Å². The molecule has 0 amide bonds. The number of methoxy groups -OCH3 is 1. The van der Waals surface area contributed by atoms with Gasteiger partial charge in [-0.25, -0.2) is 0 Å². The van der Waals surface area contributed by atoms with Gasteiger partial charge in [-0.2, -0.15) is 0 Å². The third-order valence-electron chi connectivity index (χ3n) is 2.17. The lowest BCUT2D eigenvalue weighted by Gasteiger charge is -2.14. The Morgan fingerprint density at radius 2 is 2.21 bits per heavy atom. The number of rotatable bonds is 4. The SMILES string of the molecule is CNC(C=O)c1cc(C)ccc1OC. The fourth-order valence-corrected chi connectivity index (χ4v) is 1.39. The van der Waals surface area contributed by atoms with Crippen molar-refractivity contribution in [2.45, 2.75) is 13.0 Å². The number of carbonyl (C=O) groups is 1. The molecular weight excluding hydrogens is 178 g/mol. The van der Waals surface area contributed by atoms with E-state index >= 15 is 0 Å². The molecule has 1 rings (SSSR count). The largest absolute Gasteiger partial charge is 0.496 e. The summed E-state index contributed by atoms with van der Waals surface area (Å²) >= 11 is 0. The highest BCUT2D eigenvalue weighted by atomic mass is 16.5. The summed E-state index contributed by atoms with van der Waals surface area (Å²) in [4.78, 5) is 10.8. The molecule has 0 aliphatic heterocycles. The summed E-state index contributed by atoms with van der Waals surface area (Å²) in [5, 5.41) is 2.92. The summed E-state index contributed by atoms with van der Waals surface area (Å²) in [7, 11) is 3.35. The zero-order valence-electron chi connectivity index (χ0n) is 8.70. The van der Waals surface area contributed by atoms with E-state index in [1.165, 1.54) is 0 Å². The van der Waals surface area contributed by atoms with E-state index in [0.29, 0.717) is 0 Å². The van der Waals surface area contributed by atoms with Crippen molar-refractivity contribution in [3.63, 3.8) is 0 Å². The number of hydrogen-bond donors (Lipinski definition) is 1. The number of ether oxygens (including phenoxy) is 1. The molecule has 0 aliphatic carbocycles. The Bertz CT molecular complexity index is 323. The van der Waals surface area contributed by atoms with Crippen molar-refractivity contribution in [1.29, 1.82) is 0 Å². The Morgan fingerprint density at radius 1 is 1.50 bits per heavy atom. The molecule has 0 saturated carbocycles. The Morgan fingerprint density at radius 3 is 2.71 bits per heavy atom. The minimum Gasteiger partial charge on any atom is -0.496 e. The number of nitrogens with one attached hydrogen (secondary N) is 1. The van der Waals surface area contributed by atoms with E-state index in [0.717, 1.165) is 23.2 Å². The van der Waals surface area contributed by atoms with E-state index in [1.807, 2.05) is 25.1 Å². The predicted molar refractivity (Wildman–Crippen MR) is 55.6 cm³/mol. The fraction of sp³-hybridized carbons (Fsp3) is 0.364. The molecule has 0 fully saturated rings. The number of benzene rings is 1. The standard InChI is InChI=1S/C11H15NO2/c1-8-4-5-11(14-3)9(6-8)10(7-13)12-2/h4-7,10,12H,1-3H3. The average Bonchev–Trinajstić information content (AvgIpc) is 2.20. The highest BCUT2D eigenvalue weighted by Gasteiger charge is 2.12. The smallest absolute Gasteiger partial charge is 0.141 e. The molecule has 0 aromatic heterocycles. The molecule has 1 N–H and O–H groups in total. The van der Waals surface area contributed by atoms with E-state index in [2.05, 4.69) is 5.32 Å². The van der Waals surface area contributed by atoms with Crippen molar-refractivity contribution in [2.75, 3.05) is 14.2 Å². The van der Waals surface area contributed by atoms with Gasteiger partial charge in [-0.05, 0) is 20.0 Å². The highest BCUT2D eigenvalue weighted by molar-refractivity contribution is 5.64. The minimum absolute atomic E-state index is 0.301. The molecule has 0 spiro atoms. The van der Waals surface area contributed by atoms with Gasteiger partial charge in [0.2, 0.25) is 0 Å². The van der Waals surface area contributed by atoms with Crippen LogP contribution >= 0.6 is 0 Å². The molecular formula is C11H15NO2. The van der Waals surface area contributed by atoms with Crippen molar-refractivity contribution in [2.24, 2.45) is 0 Å². The van der Waals surface area contributed by atoms with Gasteiger partial charge in [-0.3, -0.25) is 0 Å². The van der Waals surface area contributed by atoms with E-state index < -0.39 is 0 Å². The van der Waals surface area contributed by atoms with Crippen molar-refractivity contribution in [1.82, 2.24) is 5.32 Å². The van der Waals surface area contributed by atoms with Crippen molar-refractivity contribution in [3.05, 3.63) is 29.3 Å². The summed E-state index contributed by atoms with van der Waals surface area (Å²) in [6.45, 7) is 1.99. The van der Waals surface area contributed by atoms with Gasteiger partial charge in [0.15, 0.2) is 0 Å². The van der Waals surface area contributed by atoms with Gasteiger partial charge in [-0.15, -0.1) is 0 Å². The quantitative estimate of drug-likeness (QED) is 0.736. The van der Waals surface area contributed by atoms with E-state index in [9.17, 15) is 4.79 Å². The summed E-state index contributed by atoms with van der Waals surface area (Å²) in [5.74, 6) is 0.738. The maximum atomic E-state index is 10.8. The number of aryl methyl sites for hydroxylation is 1. The van der Waals surface area contributed by atoms with Crippen LogP contribution in [0.4, 0.5) is 0 Å². The second-order valence-corrected chi connectivity index (χ2v) is 3.15. The third kappa shape index (κ3) is 2.12. The normalized spacial score (nSPS) is 12.2. The molecule has 0 heterocycles. The molecule has 0 aliphatic rings. The van der Waals surface area contributed by atoms with Crippen molar-refractivity contribution >= 4 is 6.29 Å². The molecule has 0 radical (unpaired) electrons. The second-order valence-electron chi connectivity index (χ2n) is 3.15. The summed E-state index contributed by atoms with van der Waals surface area (Å²) in [5.41, 5.74) is 1.99. The zero-order valence-corrected chi connectivity index (χ0v) is 8.70. The first-order valence-corrected chi connectivity index (χ1v) is 4.50. The number of aldehydes is 1. The molecule has 14 heavy (non-hydrogen) atoms. The first-order valence-electron chi connectivity index (χ1n) is 4.50. The lowest BCUT2D eigenvalue weighted by Crippen LogP contribution is -2.18. The minimum atomic E-state index is -0.301. The Balaban J connectivity index is 3.14. The van der Waals surface area contributed by atoms with Crippen molar-refractivity contribution in [3.8, 4) is 5.75 Å². The molecule has 1 aromatic carbocycles. The molecule has 76 valence electrons. The Hall–Kier alpha value is -1.35. The van der Waals surface area contributed by atoms with Gasteiger partial charge < -0.3 is 14.8 Å². The topological polar surface area (TPSA) is 38.3 Å². The van der Waals surface area contributed by atoms with Crippen molar-refractivity contribution < 1.29 is 9.53 Å². The van der Waals surface area contributed by atoms with Gasteiger partial charge >= 0.3 is 0 Å². The maximum Gasteiger partial charge on any atom is 0.141 e. The number of likely N-dealkylation sites (N-methyl/N-ethyl adjacent to an activating group) is 1. The average molecular weight is 193 g/mol. The molecule has 0 saturated heterocycles. The van der Waals surface area contributed by atoms with Gasteiger partial charge in [-0.1, -0.05) is 17.7 Å². The van der Waals surface area contributed by atoms with Gasteiger partial charge in [0.25, 0.3) is 0 Å². The molecule has 3 nitrogen and oxygen atoms in total. The van der Waals surface area contributed by atoms with Crippen LogP contribution in [-0.2, 0) is 4.79 Å². The summed E-state index contributed by atoms with van der Waals surface area (Å²) in [6.07, 6.45) is 0.872. The fourth-order valence-electron chi connectivity index (χ4n) is 1.39. The summed E-state index contributed by atoms with van der Waals surface area (Å²) < 4.78 is 5.19. The number of hydrogen-bond acceptors (Lipinski definition) is 3. The monoisotopic (exact) mass is 193 g/mol. The van der Waals surface area contributed by atoms with Crippen LogP contribution in [0.2, 0.25) is 0 Å². The number of carbonyl (C=O) groups excluding carboxylic acids is 1. The molecule has 1 aromatic rings. The molecule has 3 heteroatoms. The van der Waals surface area contributed by atoms with E-state index in [1.54, 1.807) is 14.2 Å². The second kappa shape index (κ2) is 4.77. The van der Waals surface area contributed by atoms with Crippen LogP contribution in [0.5, 0.6) is 5.75 Å². The lowest BCUT2D eigenvalue weighted by molar-refractivity contribution is -0.109. The van der Waals surface area contributed by atoms with Crippen LogP contribution < -0.4 is 10.1 Å². The third-order valence-corrected chi connectivity index (χ3v) is 2.17. The maximum absolute atomic E-state index is 10.8. The summed E-state index contributed by atoms with van der Waals surface area (Å²) in [6, 6.07) is 5.48. The van der Waals surface area contributed by atoms with Crippen LogP contribution in [0.25, 0.3) is 0 Å². The van der Waals surface area contributed by atoms with Crippen LogP contribution in [0.1, 0.15) is 17.2 Å². The molecule has 1 unspecified atom stereocenters. The molecule has 1 atom stereocenters. The Kier molecular flexibility index (Phi) is 3.65. The van der Waals surface area contributed by atoms with Crippen LogP contribution in [0.15, 0.2) is 18.2 Å². The molecule has 0 bridgehead atoms. The zero-order chi connectivity index (χ0) is 10.6. The van der Waals surface area contributed by atoms with E-state index in [4.69, 9.17) is 4.74 Å². The Labute approximate surface area is 84.1 Å². The van der Waals surface area contributed by atoms with Gasteiger partial charge in [0.05, 0.1) is 13.2 Å². The van der Waals surface area contributed by atoms with Gasteiger partial charge in [0, 0.05) is 5.56 Å².